The molecule has 1 aliphatic heterocycles. The predicted octanol–water partition coefficient (Wildman–Crippen LogP) is 2.56. The zero-order chi connectivity index (χ0) is 17.3. The van der Waals surface area contributed by atoms with Crippen LogP contribution in [0.2, 0.25) is 0 Å². The lowest BCUT2D eigenvalue weighted by molar-refractivity contribution is -0.136. The van der Waals surface area contributed by atoms with Gasteiger partial charge in [-0.25, -0.2) is 5.48 Å². The van der Waals surface area contributed by atoms with Crippen LogP contribution in [0.3, 0.4) is 0 Å². The Bertz CT molecular complexity index is 656. The second-order valence-corrected chi connectivity index (χ2v) is 7.61. The van der Waals surface area contributed by atoms with Gasteiger partial charge in [-0.3, -0.25) is 14.8 Å². The van der Waals surface area contributed by atoms with Gasteiger partial charge in [0.15, 0.2) is 0 Å². The van der Waals surface area contributed by atoms with Crippen molar-refractivity contribution in [3.63, 3.8) is 0 Å². The standard InChI is InChI=1S/C19H26N2O3/c1-13(2)6-9-21-10-8-19(18(21)23)7-5-14-11-15(17(22)20-24)3-4-16(14)12-19/h3-4,11,13,24H,5-10,12H2,1-2H3,(H,20,22)/t19-/m1/s1. The van der Waals surface area contributed by atoms with Crippen LogP contribution in [0, 0.1) is 11.3 Å². The number of nitrogens with zero attached hydrogens (tertiary/aromatic N) is 1. The van der Waals surface area contributed by atoms with Crippen molar-refractivity contribution >= 4 is 11.8 Å². The van der Waals surface area contributed by atoms with E-state index in [-0.39, 0.29) is 5.41 Å². The Morgan fingerprint density at radius 3 is 2.83 bits per heavy atom. The van der Waals surface area contributed by atoms with Crippen LogP contribution in [0.15, 0.2) is 18.2 Å². The molecule has 1 fully saturated rings. The highest BCUT2D eigenvalue weighted by Crippen LogP contribution is 2.44. The third kappa shape index (κ3) is 3.05. The van der Waals surface area contributed by atoms with Crippen molar-refractivity contribution in [2.24, 2.45) is 11.3 Å². The van der Waals surface area contributed by atoms with Gasteiger partial charge < -0.3 is 4.90 Å². The molecule has 1 spiro atoms. The van der Waals surface area contributed by atoms with E-state index in [1.807, 2.05) is 17.0 Å². The molecule has 1 saturated heterocycles. The Labute approximate surface area is 143 Å². The lowest BCUT2D eigenvalue weighted by Gasteiger charge is -2.33. The second kappa shape index (κ2) is 6.55. The summed E-state index contributed by atoms with van der Waals surface area (Å²) in [5.41, 5.74) is 4.17. The molecule has 2 amide bonds. The summed E-state index contributed by atoms with van der Waals surface area (Å²) >= 11 is 0. The van der Waals surface area contributed by atoms with Crippen LogP contribution in [0.1, 0.15) is 54.6 Å². The lowest BCUT2D eigenvalue weighted by atomic mass is 9.70. The van der Waals surface area contributed by atoms with Crippen molar-refractivity contribution in [1.82, 2.24) is 10.4 Å². The van der Waals surface area contributed by atoms with E-state index < -0.39 is 5.91 Å². The van der Waals surface area contributed by atoms with E-state index in [1.54, 1.807) is 11.5 Å². The monoisotopic (exact) mass is 330 g/mol. The summed E-state index contributed by atoms with van der Waals surface area (Å²) in [5, 5.41) is 8.76. The number of nitrogens with one attached hydrogen (secondary N) is 1. The fraction of sp³-hybridized carbons (Fsp3) is 0.579. The molecule has 24 heavy (non-hydrogen) atoms. The van der Waals surface area contributed by atoms with Crippen LogP contribution in [-0.2, 0) is 17.6 Å². The molecule has 0 aromatic heterocycles. The SMILES string of the molecule is CC(C)CCN1CC[C@@]2(CCc3cc(C(=O)NO)ccc3C2)C1=O. The fourth-order valence-corrected chi connectivity index (χ4v) is 3.98. The van der Waals surface area contributed by atoms with Crippen molar-refractivity contribution in [3.05, 3.63) is 34.9 Å². The van der Waals surface area contributed by atoms with Crippen LogP contribution in [-0.4, -0.2) is 35.0 Å². The smallest absolute Gasteiger partial charge is 0.274 e. The van der Waals surface area contributed by atoms with Crippen LogP contribution in [0.25, 0.3) is 0 Å². The molecule has 2 N–H and O–H groups in total. The minimum absolute atomic E-state index is 0.245. The van der Waals surface area contributed by atoms with Crippen LogP contribution < -0.4 is 5.48 Å². The van der Waals surface area contributed by atoms with Gasteiger partial charge in [-0.15, -0.1) is 0 Å². The third-order valence-corrected chi connectivity index (χ3v) is 5.55. The summed E-state index contributed by atoms with van der Waals surface area (Å²) in [4.78, 5) is 26.5. The molecule has 3 rings (SSSR count). The first-order chi connectivity index (χ1) is 11.4. The highest BCUT2D eigenvalue weighted by Gasteiger charge is 2.47. The number of fused-ring (bicyclic) bond motifs is 1. The van der Waals surface area contributed by atoms with Gasteiger partial charge in [0.25, 0.3) is 5.91 Å². The molecule has 1 aromatic carbocycles. The van der Waals surface area contributed by atoms with E-state index in [0.29, 0.717) is 17.4 Å². The number of benzene rings is 1. The van der Waals surface area contributed by atoms with Crippen LogP contribution in [0.4, 0.5) is 0 Å². The van der Waals surface area contributed by atoms with Crippen LogP contribution in [0.5, 0.6) is 0 Å². The maximum Gasteiger partial charge on any atom is 0.274 e. The number of carbonyl (C=O) groups excluding carboxylic acids is 2. The fourth-order valence-electron chi connectivity index (χ4n) is 3.98. The number of carbonyl (C=O) groups is 2. The highest BCUT2D eigenvalue weighted by molar-refractivity contribution is 5.93. The maximum absolute atomic E-state index is 13.0. The lowest BCUT2D eigenvalue weighted by Crippen LogP contribution is -2.39. The summed E-state index contributed by atoms with van der Waals surface area (Å²) < 4.78 is 0. The van der Waals surface area contributed by atoms with Gasteiger partial charge in [-0.05, 0) is 61.3 Å². The molecule has 2 aliphatic rings. The maximum atomic E-state index is 13.0. The summed E-state index contributed by atoms with van der Waals surface area (Å²) in [7, 11) is 0. The Morgan fingerprint density at radius 2 is 2.12 bits per heavy atom. The van der Waals surface area contributed by atoms with Crippen molar-refractivity contribution in [3.8, 4) is 0 Å². The van der Waals surface area contributed by atoms with E-state index >= 15 is 0 Å². The first kappa shape index (κ1) is 17.0. The second-order valence-electron chi connectivity index (χ2n) is 7.61. The molecule has 0 saturated carbocycles. The number of hydrogen-bond donors (Lipinski definition) is 2. The number of amides is 2. The van der Waals surface area contributed by atoms with E-state index in [2.05, 4.69) is 13.8 Å². The number of likely N-dealkylation sites (tertiary alicyclic amines) is 1. The summed E-state index contributed by atoms with van der Waals surface area (Å²) in [6.07, 6.45) is 4.41. The van der Waals surface area contributed by atoms with E-state index in [0.717, 1.165) is 56.3 Å². The molecule has 0 bridgehead atoms. The zero-order valence-electron chi connectivity index (χ0n) is 14.5. The minimum Gasteiger partial charge on any atom is -0.342 e. The van der Waals surface area contributed by atoms with E-state index in [4.69, 9.17) is 5.21 Å². The van der Waals surface area contributed by atoms with Gasteiger partial charge in [0.2, 0.25) is 5.91 Å². The van der Waals surface area contributed by atoms with Crippen molar-refractivity contribution in [2.45, 2.75) is 46.0 Å². The number of aryl methyl sites for hydroxylation is 1. The first-order valence-corrected chi connectivity index (χ1v) is 8.81. The molecule has 1 heterocycles. The van der Waals surface area contributed by atoms with Gasteiger partial charge in [-0.1, -0.05) is 19.9 Å². The molecule has 130 valence electrons. The Balaban J connectivity index is 1.75. The number of hydrogen-bond acceptors (Lipinski definition) is 3. The number of rotatable bonds is 4. The average Bonchev–Trinajstić information content (AvgIpc) is 2.88. The molecule has 5 nitrogen and oxygen atoms in total. The molecular formula is C19H26N2O3. The minimum atomic E-state index is -0.491. The van der Waals surface area contributed by atoms with Gasteiger partial charge in [0.1, 0.15) is 0 Å². The highest BCUT2D eigenvalue weighted by atomic mass is 16.5. The molecule has 1 atom stereocenters. The normalized spacial score (nSPS) is 23.0. The molecular weight excluding hydrogens is 304 g/mol. The first-order valence-electron chi connectivity index (χ1n) is 8.81. The van der Waals surface area contributed by atoms with E-state index in [1.165, 1.54) is 0 Å². The summed E-state index contributed by atoms with van der Waals surface area (Å²) in [6, 6.07) is 5.49. The van der Waals surface area contributed by atoms with E-state index in [9.17, 15) is 9.59 Å². The Morgan fingerprint density at radius 1 is 1.33 bits per heavy atom. The Hall–Kier alpha value is -1.88. The van der Waals surface area contributed by atoms with Gasteiger partial charge >= 0.3 is 0 Å². The third-order valence-electron chi connectivity index (χ3n) is 5.55. The van der Waals surface area contributed by atoms with Crippen LogP contribution >= 0.6 is 0 Å². The molecule has 5 heteroatoms. The topological polar surface area (TPSA) is 69.6 Å². The summed E-state index contributed by atoms with van der Waals surface area (Å²) in [6.45, 7) is 6.10. The Kier molecular flexibility index (Phi) is 4.63. The average molecular weight is 330 g/mol. The largest absolute Gasteiger partial charge is 0.342 e. The predicted molar refractivity (Wildman–Crippen MR) is 90.8 cm³/mol. The number of hydroxylamine groups is 1. The zero-order valence-corrected chi connectivity index (χ0v) is 14.5. The summed E-state index contributed by atoms with van der Waals surface area (Å²) in [5.74, 6) is 0.429. The molecule has 0 radical (unpaired) electrons. The van der Waals surface area contributed by atoms with Gasteiger partial charge in [0, 0.05) is 18.7 Å². The molecule has 0 unspecified atom stereocenters. The molecule has 1 aromatic rings. The van der Waals surface area contributed by atoms with Crippen molar-refractivity contribution in [2.75, 3.05) is 13.1 Å². The quantitative estimate of drug-likeness (QED) is 0.658. The van der Waals surface area contributed by atoms with Gasteiger partial charge in [0.05, 0.1) is 5.41 Å². The van der Waals surface area contributed by atoms with Crippen molar-refractivity contribution < 1.29 is 14.8 Å². The van der Waals surface area contributed by atoms with Crippen molar-refractivity contribution in [1.29, 1.82) is 0 Å². The van der Waals surface area contributed by atoms with Gasteiger partial charge in [-0.2, -0.15) is 0 Å². The molecule has 1 aliphatic carbocycles.